The van der Waals surface area contributed by atoms with Gasteiger partial charge in [0, 0.05) is 33.1 Å². The summed E-state index contributed by atoms with van der Waals surface area (Å²) in [6.07, 6.45) is 0.688. The molecule has 2 aliphatic rings. The molecule has 0 aliphatic carbocycles. The number of methoxy groups -OCH3 is 1. The van der Waals surface area contributed by atoms with Crippen molar-refractivity contribution in [3.63, 3.8) is 0 Å². The summed E-state index contributed by atoms with van der Waals surface area (Å²) in [5.74, 6) is 2.93. The number of carbonyl (C=O) groups is 1. The Balaban J connectivity index is 1.32. The van der Waals surface area contributed by atoms with E-state index in [4.69, 9.17) is 14.0 Å². The Morgan fingerprint density at radius 2 is 2.11 bits per heavy atom. The molecule has 0 bridgehead atoms. The van der Waals surface area contributed by atoms with Gasteiger partial charge in [-0.05, 0) is 30.2 Å². The standard InChI is InChI=1S/C19H24N4O4/c1-13-20-18(21-27-13)11-22-5-7-23(8-6-22)19(24)15-9-14-10-16(25-2)3-4-17(14)26-12-15/h3-4,10,15H,5-9,11-12H2,1-2H3/t15-/m1/s1. The summed E-state index contributed by atoms with van der Waals surface area (Å²) in [5.41, 5.74) is 1.03. The molecule has 0 spiro atoms. The second kappa shape index (κ2) is 7.56. The van der Waals surface area contributed by atoms with E-state index in [1.165, 1.54) is 0 Å². The third-order valence-electron chi connectivity index (χ3n) is 5.14. The predicted molar refractivity (Wildman–Crippen MR) is 96.6 cm³/mol. The predicted octanol–water partition coefficient (Wildman–Crippen LogP) is 1.28. The van der Waals surface area contributed by atoms with E-state index in [9.17, 15) is 4.79 Å². The smallest absolute Gasteiger partial charge is 0.229 e. The minimum absolute atomic E-state index is 0.143. The molecule has 1 aromatic heterocycles. The topological polar surface area (TPSA) is 80.9 Å². The zero-order valence-electron chi connectivity index (χ0n) is 15.7. The fourth-order valence-electron chi connectivity index (χ4n) is 3.65. The van der Waals surface area contributed by atoms with Crippen LogP contribution in [0.15, 0.2) is 22.7 Å². The Morgan fingerprint density at radius 3 is 2.81 bits per heavy atom. The van der Waals surface area contributed by atoms with Crippen molar-refractivity contribution in [2.45, 2.75) is 19.9 Å². The maximum atomic E-state index is 12.9. The lowest BCUT2D eigenvalue weighted by molar-refractivity contribution is -0.138. The van der Waals surface area contributed by atoms with Gasteiger partial charge in [0.25, 0.3) is 0 Å². The van der Waals surface area contributed by atoms with Crippen molar-refractivity contribution in [3.8, 4) is 11.5 Å². The quantitative estimate of drug-likeness (QED) is 0.800. The zero-order chi connectivity index (χ0) is 18.8. The third-order valence-corrected chi connectivity index (χ3v) is 5.14. The molecule has 0 saturated carbocycles. The molecule has 2 aromatic rings. The monoisotopic (exact) mass is 372 g/mol. The van der Waals surface area contributed by atoms with Gasteiger partial charge in [0.1, 0.15) is 18.1 Å². The third kappa shape index (κ3) is 3.90. The summed E-state index contributed by atoms with van der Waals surface area (Å²) in [6.45, 7) is 5.88. The Labute approximate surface area is 158 Å². The minimum Gasteiger partial charge on any atom is -0.497 e. The molecule has 0 radical (unpaired) electrons. The number of nitrogens with zero attached hydrogens (tertiary/aromatic N) is 4. The van der Waals surface area contributed by atoms with Crippen LogP contribution in [0.25, 0.3) is 0 Å². The number of aryl methyl sites for hydroxylation is 1. The number of aromatic nitrogens is 2. The van der Waals surface area contributed by atoms with E-state index in [1.54, 1.807) is 14.0 Å². The summed E-state index contributed by atoms with van der Waals surface area (Å²) in [6, 6.07) is 5.75. The van der Waals surface area contributed by atoms with E-state index >= 15 is 0 Å². The van der Waals surface area contributed by atoms with Gasteiger partial charge < -0.3 is 18.9 Å². The number of hydrogen-bond acceptors (Lipinski definition) is 7. The Kier molecular flexibility index (Phi) is 4.98. The molecule has 144 valence electrons. The first kappa shape index (κ1) is 17.8. The maximum absolute atomic E-state index is 12.9. The van der Waals surface area contributed by atoms with E-state index in [0.717, 1.165) is 30.2 Å². The van der Waals surface area contributed by atoms with E-state index in [2.05, 4.69) is 15.0 Å². The molecule has 0 N–H and O–H groups in total. The summed E-state index contributed by atoms with van der Waals surface area (Å²) < 4.78 is 16.1. The molecule has 27 heavy (non-hydrogen) atoms. The molecule has 4 rings (SSSR count). The van der Waals surface area contributed by atoms with Gasteiger partial charge in [-0.15, -0.1) is 0 Å². The SMILES string of the molecule is COc1ccc2c(c1)C[C@@H](C(=O)N1CCN(Cc3noc(C)n3)CC1)CO2. The van der Waals surface area contributed by atoms with Crippen molar-refractivity contribution in [3.05, 3.63) is 35.5 Å². The average molecular weight is 372 g/mol. The van der Waals surface area contributed by atoms with Gasteiger partial charge in [-0.2, -0.15) is 4.98 Å². The molecule has 8 nitrogen and oxygen atoms in total. The molecule has 2 aliphatic heterocycles. The van der Waals surface area contributed by atoms with Crippen LogP contribution in [0.3, 0.4) is 0 Å². The Morgan fingerprint density at radius 1 is 1.30 bits per heavy atom. The van der Waals surface area contributed by atoms with E-state index < -0.39 is 0 Å². The van der Waals surface area contributed by atoms with Crippen LogP contribution in [-0.2, 0) is 17.8 Å². The fourth-order valence-corrected chi connectivity index (χ4v) is 3.65. The van der Waals surface area contributed by atoms with E-state index in [0.29, 0.717) is 44.4 Å². The number of hydrogen-bond donors (Lipinski definition) is 0. The van der Waals surface area contributed by atoms with Crippen molar-refractivity contribution >= 4 is 5.91 Å². The number of piperazine rings is 1. The van der Waals surface area contributed by atoms with Crippen LogP contribution in [0.2, 0.25) is 0 Å². The molecule has 1 saturated heterocycles. The van der Waals surface area contributed by atoms with Gasteiger partial charge in [0.2, 0.25) is 11.8 Å². The molecule has 1 aromatic carbocycles. The lowest BCUT2D eigenvalue weighted by Gasteiger charge is -2.36. The first-order valence-electron chi connectivity index (χ1n) is 9.22. The van der Waals surface area contributed by atoms with Crippen molar-refractivity contribution < 1.29 is 18.8 Å². The van der Waals surface area contributed by atoms with E-state index in [1.807, 2.05) is 23.1 Å². The van der Waals surface area contributed by atoms with E-state index in [-0.39, 0.29) is 11.8 Å². The first-order valence-corrected chi connectivity index (χ1v) is 9.22. The molecule has 1 atom stereocenters. The fraction of sp³-hybridized carbons (Fsp3) is 0.526. The second-order valence-corrected chi connectivity index (χ2v) is 7.02. The van der Waals surface area contributed by atoms with Crippen LogP contribution in [0, 0.1) is 12.8 Å². The highest BCUT2D eigenvalue weighted by Gasteiger charge is 2.31. The summed E-state index contributed by atoms with van der Waals surface area (Å²) >= 11 is 0. The maximum Gasteiger partial charge on any atom is 0.229 e. The summed E-state index contributed by atoms with van der Waals surface area (Å²) in [7, 11) is 1.64. The highest BCUT2D eigenvalue weighted by atomic mass is 16.5. The summed E-state index contributed by atoms with van der Waals surface area (Å²) in [4.78, 5) is 21.4. The number of ether oxygens (including phenoxy) is 2. The van der Waals surface area contributed by atoms with Gasteiger partial charge >= 0.3 is 0 Å². The van der Waals surface area contributed by atoms with Crippen LogP contribution in [0.4, 0.5) is 0 Å². The molecule has 8 heteroatoms. The minimum atomic E-state index is -0.143. The largest absolute Gasteiger partial charge is 0.497 e. The zero-order valence-corrected chi connectivity index (χ0v) is 15.7. The molecule has 1 amide bonds. The van der Waals surface area contributed by atoms with Gasteiger partial charge in [0.15, 0.2) is 5.82 Å². The van der Waals surface area contributed by atoms with Crippen molar-refractivity contribution in [1.29, 1.82) is 0 Å². The number of amides is 1. The van der Waals surface area contributed by atoms with Crippen molar-refractivity contribution in [1.82, 2.24) is 19.9 Å². The number of carbonyl (C=O) groups excluding carboxylic acids is 1. The number of rotatable bonds is 4. The molecular formula is C19H24N4O4. The lowest BCUT2D eigenvalue weighted by Crippen LogP contribution is -2.51. The highest BCUT2D eigenvalue weighted by molar-refractivity contribution is 5.80. The Hall–Kier alpha value is -2.61. The van der Waals surface area contributed by atoms with Crippen LogP contribution in [0.1, 0.15) is 17.3 Å². The highest BCUT2D eigenvalue weighted by Crippen LogP contribution is 2.31. The molecular weight excluding hydrogens is 348 g/mol. The van der Waals surface area contributed by atoms with Crippen LogP contribution in [0.5, 0.6) is 11.5 Å². The molecule has 1 fully saturated rings. The first-order chi connectivity index (χ1) is 13.1. The number of fused-ring (bicyclic) bond motifs is 1. The lowest BCUT2D eigenvalue weighted by atomic mass is 9.95. The number of benzene rings is 1. The van der Waals surface area contributed by atoms with Crippen LogP contribution in [-0.4, -0.2) is 65.7 Å². The van der Waals surface area contributed by atoms with Gasteiger partial charge in [-0.1, -0.05) is 5.16 Å². The van der Waals surface area contributed by atoms with Gasteiger partial charge in [0.05, 0.1) is 19.6 Å². The molecule has 3 heterocycles. The van der Waals surface area contributed by atoms with Crippen LogP contribution < -0.4 is 9.47 Å². The van der Waals surface area contributed by atoms with Gasteiger partial charge in [-0.25, -0.2) is 0 Å². The Bertz CT molecular complexity index is 814. The second-order valence-electron chi connectivity index (χ2n) is 7.02. The van der Waals surface area contributed by atoms with Crippen molar-refractivity contribution in [2.24, 2.45) is 5.92 Å². The molecule has 0 unspecified atom stereocenters. The van der Waals surface area contributed by atoms with Crippen LogP contribution >= 0.6 is 0 Å². The average Bonchev–Trinajstić information content (AvgIpc) is 3.11. The van der Waals surface area contributed by atoms with Crippen molar-refractivity contribution in [2.75, 3.05) is 39.9 Å². The summed E-state index contributed by atoms with van der Waals surface area (Å²) in [5, 5.41) is 3.94. The van der Waals surface area contributed by atoms with Gasteiger partial charge in [-0.3, -0.25) is 9.69 Å². The normalized spacial score (nSPS) is 20.1.